The first-order valence-electron chi connectivity index (χ1n) is 5.59. The number of ether oxygens (including phenoxy) is 1. The van der Waals surface area contributed by atoms with Crippen molar-refractivity contribution in [3.8, 4) is 0 Å². The molecule has 0 radical (unpaired) electrons. The number of fused-ring (bicyclic) bond motifs is 1. The molecule has 0 aromatic carbocycles. The average Bonchev–Trinajstić information content (AvgIpc) is 2.86. The van der Waals surface area contributed by atoms with Crippen LogP contribution in [0.15, 0.2) is 23.7 Å². The molecule has 0 amide bonds. The molecule has 1 fully saturated rings. The van der Waals surface area contributed by atoms with Crippen LogP contribution >= 0.6 is 11.3 Å². The molecule has 1 aliphatic rings. The lowest BCUT2D eigenvalue weighted by Gasteiger charge is -2.28. The molecular formula is C12H13N3OS. The highest BCUT2D eigenvalue weighted by atomic mass is 32.1. The minimum atomic E-state index is 0.552. The molecular weight excluding hydrogens is 234 g/mol. The van der Waals surface area contributed by atoms with E-state index in [0.717, 1.165) is 28.9 Å². The summed E-state index contributed by atoms with van der Waals surface area (Å²) in [7, 11) is 0. The molecule has 3 rings (SSSR count). The van der Waals surface area contributed by atoms with Crippen LogP contribution in [-0.2, 0) is 4.74 Å². The number of hydrogen-bond donors (Lipinski definition) is 1. The Labute approximate surface area is 103 Å². The highest BCUT2D eigenvalue weighted by Crippen LogP contribution is 2.20. The van der Waals surface area contributed by atoms with Crippen molar-refractivity contribution < 1.29 is 4.74 Å². The Morgan fingerprint density at radius 1 is 1.41 bits per heavy atom. The van der Waals surface area contributed by atoms with E-state index < -0.39 is 0 Å². The van der Waals surface area contributed by atoms with Gasteiger partial charge in [0, 0.05) is 24.8 Å². The number of thiophene rings is 1. The summed E-state index contributed by atoms with van der Waals surface area (Å²) in [4.78, 5) is 6.41. The zero-order chi connectivity index (χ0) is 11.7. The summed E-state index contributed by atoms with van der Waals surface area (Å²) in [5.41, 5.74) is 1.90. The van der Waals surface area contributed by atoms with E-state index in [0.29, 0.717) is 19.0 Å². The Bertz CT molecular complexity index is 545. The van der Waals surface area contributed by atoms with E-state index in [1.807, 2.05) is 22.4 Å². The molecule has 0 bridgehead atoms. The molecule has 88 valence electrons. The van der Waals surface area contributed by atoms with Crippen LogP contribution in [0.5, 0.6) is 0 Å². The van der Waals surface area contributed by atoms with Crippen molar-refractivity contribution in [1.29, 1.82) is 5.41 Å². The second-order valence-electron chi connectivity index (χ2n) is 3.98. The van der Waals surface area contributed by atoms with Crippen molar-refractivity contribution >= 4 is 27.4 Å². The smallest absolute Gasteiger partial charge is 0.129 e. The molecule has 2 aromatic heterocycles. The van der Waals surface area contributed by atoms with Crippen LogP contribution in [-0.4, -0.2) is 42.0 Å². The summed E-state index contributed by atoms with van der Waals surface area (Å²) in [6, 6.07) is 4.05. The third-order valence-corrected chi connectivity index (χ3v) is 3.76. The first kappa shape index (κ1) is 10.7. The van der Waals surface area contributed by atoms with Gasteiger partial charge in [-0.1, -0.05) is 0 Å². The maximum Gasteiger partial charge on any atom is 0.129 e. The fourth-order valence-electron chi connectivity index (χ4n) is 1.95. The van der Waals surface area contributed by atoms with E-state index in [9.17, 15) is 0 Å². The van der Waals surface area contributed by atoms with Crippen molar-refractivity contribution in [2.45, 2.75) is 0 Å². The van der Waals surface area contributed by atoms with Gasteiger partial charge in [0.15, 0.2) is 0 Å². The van der Waals surface area contributed by atoms with Gasteiger partial charge in [-0.2, -0.15) is 0 Å². The van der Waals surface area contributed by atoms with Gasteiger partial charge < -0.3 is 9.64 Å². The van der Waals surface area contributed by atoms with Gasteiger partial charge in [0.1, 0.15) is 5.84 Å². The van der Waals surface area contributed by atoms with Gasteiger partial charge in [0.2, 0.25) is 0 Å². The topological polar surface area (TPSA) is 49.2 Å². The zero-order valence-electron chi connectivity index (χ0n) is 9.35. The molecule has 0 spiro atoms. The fraction of sp³-hybridized carbons (Fsp3) is 0.333. The van der Waals surface area contributed by atoms with E-state index in [-0.39, 0.29) is 0 Å². The van der Waals surface area contributed by atoms with Gasteiger partial charge in [-0.05, 0) is 17.5 Å². The molecule has 17 heavy (non-hydrogen) atoms. The van der Waals surface area contributed by atoms with Crippen molar-refractivity contribution in [2.24, 2.45) is 0 Å². The summed E-state index contributed by atoms with van der Waals surface area (Å²) >= 11 is 1.66. The predicted molar refractivity (Wildman–Crippen MR) is 68.8 cm³/mol. The van der Waals surface area contributed by atoms with Crippen LogP contribution in [0.2, 0.25) is 0 Å². The normalized spacial score (nSPS) is 16.4. The SMILES string of the molecule is N=C(c1cnc2ccsc2c1)N1CCOCC1. The first-order chi connectivity index (χ1) is 8.34. The maximum absolute atomic E-state index is 8.19. The second-order valence-corrected chi connectivity index (χ2v) is 4.92. The van der Waals surface area contributed by atoms with Crippen LogP contribution in [0.3, 0.4) is 0 Å². The largest absolute Gasteiger partial charge is 0.378 e. The van der Waals surface area contributed by atoms with Crippen LogP contribution in [0.25, 0.3) is 10.2 Å². The number of rotatable bonds is 1. The van der Waals surface area contributed by atoms with E-state index in [1.165, 1.54) is 0 Å². The number of nitrogens with zero attached hydrogens (tertiary/aromatic N) is 2. The molecule has 1 aliphatic heterocycles. The molecule has 0 saturated carbocycles. The van der Waals surface area contributed by atoms with Gasteiger partial charge in [-0.15, -0.1) is 11.3 Å². The minimum Gasteiger partial charge on any atom is -0.378 e. The third-order valence-electron chi connectivity index (χ3n) is 2.90. The number of aromatic nitrogens is 1. The molecule has 1 N–H and O–H groups in total. The second kappa shape index (κ2) is 4.43. The number of nitrogens with one attached hydrogen (secondary N) is 1. The van der Waals surface area contributed by atoms with Crippen molar-refractivity contribution in [1.82, 2.24) is 9.88 Å². The van der Waals surface area contributed by atoms with Gasteiger partial charge >= 0.3 is 0 Å². The number of amidine groups is 1. The number of pyridine rings is 1. The summed E-state index contributed by atoms with van der Waals surface area (Å²) < 4.78 is 6.43. The Balaban J connectivity index is 1.88. The third kappa shape index (κ3) is 2.03. The molecule has 2 aromatic rings. The van der Waals surface area contributed by atoms with Crippen molar-refractivity contribution in [3.05, 3.63) is 29.3 Å². The molecule has 5 heteroatoms. The molecule has 0 atom stereocenters. The highest BCUT2D eigenvalue weighted by Gasteiger charge is 2.15. The summed E-state index contributed by atoms with van der Waals surface area (Å²) in [5, 5.41) is 10.2. The molecule has 1 saturated heterocycles. The quantitative estimate of drug-likeness (QED) is 0.619. The standard InChI is InChI=1S/C12H13N3OS/c13-12(15-2-4-16-5-3-15)9-7-11-10(14-8-9)1-6-17-11/h1,6-8,13H,2-5H2. The summed E-state index contributed by atoms with van der Waals surface area (Å²) in [5.74, 6) is 0.552. The van der Waals surface area contributed by atoms with Gasteiger partial charge in [0.05, 0.1) is 23.4 Å². The summed E-state index contributed by atoms with van der Waals surface area (Å²) in [6.45, 7) is 3.00. The minimum absolute atomic E-state index is 0.552. The maximum atomic E-state index is 8.19. The number of morpholine rings is 1. The van der Waals surface area contributed by atoms with Crippen LogP contribution in [0, 0.1) is 5.41 Å². The summed E-state index contributed by atoms with van der Waals surface area (Å²) in [6.07, 6.45) is 1.78. The van der Waals surface area contributed by atoms with Crippen LogP contribution in [0.4, 0.5) is 0 Å². The van der Waals surface area contributed by atoms with Crippen molar-refractivity contribution in [3.63, 3.8) is 0 Å². The fourth-order valence-corrected chi connectivity index (χ4v) is 2.73. The predicted octanol–water partition coefficient (Wildman–Crippen LogP) is 1.95. The Hall–Kier alpha value is -1.46. The molecule has 4 nitrogen and oxygen atoms in total. The molecule has 0 aliphatic carbocycles. The van der Waals surface area contributed by atoms with Gasteiger partial charge in [-0.3, -0.25) is 10.4 Å². The Kier molecular flexibility index (Phi) is 2.78. The van der Waals surface area contributed by atoms with Crippen LogP contribution in [0.1, 0.15) is 5.56 Å². The van der Waals surface area contributed by atoms with E-state index in [4.69, 9.17) is 10.1 Å². The lowest BCUT2D eigenvalue weighted by molar-refractivity contribution is 0.0680. The van der Waals surface area contributed by atoms with Gasteiger partial charge in [-0.25, -0.2) is 0 Å². The lowest BCUT2D eigenvalue weighted by atomic mass is 10.2. The first-order valence-corrected chi connectivity index (χ1v) is 6.47. The molecule has 3 heterocycles. The van der Waals surface area contributed by atoms with E-state index in [1.54, 1.807) is 17.5 Å². The van der Waals surface area contributed by atoms with E-state index >= 15 is 0 Å². The van der Waals surface area contributed by atoms with Crippen molar-refractivity contribution in [2.75, 3.05) is 26.3 Å². The van der Waals surface area contributed by atoms with E-state index in [2.05, 4.69) is 4.98 Å². The highest BCUT2D eigenvalue weighted by molar-refractivity contribution is 7.17. The van der Waals surface area contributed by atoms with Crippen LogP contribution < -0.4 is 0 Å². The Morgan fingerprint density at radius 3 is 3.06 bits per heavy atom. The monoisotopic (exact) mass is 247 g/mol. The molecule has 0 unspecified atom stereocenters. The van der Waals surface area contributed by atoms with Gasteiger partial charge in [0.25, 0.3) is 0 Å². The lowest BCUT2D eigenvalue weighted by Crippen LogP contribution is -2.40. The Morgan fingerprint density at radius 2 is 2.24 bits per heavy atom. The number of hydrogen-bond acceptors (Lipinski definition) is 4. The zero-order valence-corrected chi connectivity index (χ0v) is 10.2. The average molecular weight is 247 g/mol.